The third kappa shape index (κ3) is 3.46. The zero-order valence-corrected chi connectivity index (χ0v) is 16.1. The van der Waals surface area contributed by atoms with Gasteiger partial charge in [0.25, 0.3) is 5.91 Å². The number of nitrogens with one attached hydrogen (secondary N) is 1. The Morgan fingerprint density at radius 3 is 2.68 bits per heavy atom. The molecule has 0 aliphatic rings. The van der Waals surface area contributed by atoms with Crippen LogP contribution in [0.1, 0.15) is 28.0 Å². The van der Waals surface area contributed by atoms with Crippen molar-refractivity contribution in [3.63, 3.8) is 0 Å². The molecule has 0 spiro atoms. The molecule has 0 radical (unpaired) electrons. The van der Waals surface area contributed by atoms with Gasteiger partial charge in [0.1, 0.15) is 23.2 Å². The molecular weight excluding hydrogens is 378 g/mol. The molecule has 142 valence electrons. The number of methoxy groups -OCH3 is 1. The minimum absolute atomic E-state index is 0.213. The number of aryl methyl sites for hydroxylation is 1. The maximum atomic E-state index is 12.9. The van der Waals surface area contributed by atoms with Gasteiger partial charge in [0.05, 0.1) is 7.11 Å². The van der Waals surface area contributed by atoms with E-state index in [1.165, 1.54) is 0 Å². The molecule has 0 aliphatic carbocycles. The fourth-order valence-corrected chi connectivity index (χ4v) is 3.26. The third-order valence-corrected chi connectivity index (χ3v) is 4.78. The summed E-state index contributed by atoms with van der Waals surface area (Å²) in [5, 5.41) is 4.38. The Bertz CT molecular complexity index is 1130. The summed E-state index contributed by atoms with van der Waals surface area (Å²) < 4.78 is 12.8. The van der Waals surface area contributed by atoms with Gasteiger partial charge in [-0.15, -0.1) is 0 Å². The quantitative estimate of drug-likeness (QED) is 0.545. The number of fused-ring (bicyclic) bond motifs is 1. The fourth-order valence-electron chi connectivity index (χ4n) is 3.08. The number of furan rings is 1. The summed E-state index contributed by atoms with van der Waals surface area (Å²) in [7, 11) is 3.50. The van der Waals surface area contributed by atoms with Crippen LogP contribution in [0.3, 0.4) is 0 Å². The monoisotopic (exact) mass is 395 g/mol. The molecular formula is C21H18ClN3O3. The van der Waals surface area contributed by atoms with Gasteiger partial charge in [-0.05, 0) is 42.0 Å². The number of hydrogen-bond acceptors (Lipinski definition) is 4. The van der Waals surface area contributed by atoms with E-state index in [4.69, 9.17) is 20.8 Å². The summed E-state index contributed by atoms with van der Waals surface area (Å²) in [4.78, 5) is 17.3. The minimum atomic E-state index is -0.449. The Labute approximate surface area is 166 Å². The van der Waals surface area contributed by atoms with Gasteiger partial charge in [-0.25, -0.2) is 4.98 Å². The van der Waals surface area contributed by atoms with Crippen molar-refractivity contribution in [1.29, 1.82) is 0 Å². The predicted molar refractivity (Wildman–Crippen MR) is 107 cm³/mol. The van der Waals surface area contributed by atoms with Crippen molar-refractivity contribution in [3.8, 4) is 5.75 Å². The van der Waals surface area contributed by atoms with Crippen LogP contribution in [-0.4, -0.2) is 22.6 Å². The van der Waals surface area contributed by atoms with E-state index in [0.717, 1.165) is 16.7 Å². The van der Waals surface area contributed by atoms with Crippen molar-refractivity contribution in [2.24, 2.45) is 7.05 Å². The van der Waals surface area contributed by atoms with E-state index in [2.05, 4.69) is 10.3 Å². The van der Waals surface area contributed by atoms with Gasteiger partial charge in [-0.1, -0.05) is 23.7 Å². The molecule has 1 atom stereocenters. The van der Waals surface area contributed by atoms with Gasteiger partial charge in [-0.3, -0.25) is 4.79 Å². The number of benzene rings is 2. The molecule has 28 heavy (non-hydrogen) atoms. The molecule has 0 bridgehead atoms. The second-order valence-electron chi connectivity index (χ2n) is 6.37. The number of imidazole rings is 1. The zero-order valence-electron chi connectivity index (χ0n) is 15.3. The highest BCUT2D eigenvalue weighted by molar-refractivity contribution is 6.31. The average molecular weight is 396 g/mol. The van der Waals surface area contributed by atoms with Gasteiger partial charge >= 0.3 is 0 Å². The lowest BCUT2D eigenvalue weighted by atomic mass is 10.1. The lowest BCUT2D eigenvalue weighted by Crippen LogP contribution is -2.30. The molecule has 1 N–H and O–H groups in total. The number of rotatable bonds is 5. The molecule has 2 aromatic heterocycles. The highest BCUT2D eigenvalue weighted by Gasteiger charge is 2.23. The van der Waals surface area contributed by atoms with Crippen molar-refractivity contribution < 1.29 is 13.9 Å². The van der Waals surface area contributed by atoms with Gasteiger partial charge < -0.3 is 19.0 Å². The Morgan fingerprint density at radius 2 is 2.00 bits per heavy atom. The molecule has 4 rings (SSSR count). The first kappa shape index (κ1) is 18.1. The van der Waals surface area contributed by atoms with Crippen LogP contribution in [0.5, 0.6) is 5.75 Å². The highest BCUT2D eigenvalue weighted by Crippen LogP contribution is 2.26. The Balaban J connectivity index is 1.67. The maximum Gasteiger partial charge on any atom is 0.287 e. The number of amides is 1. The summed E-state index contributed by atoms with van der Waals surface area (Å²) >= 11 is 6.02. The van der Waals surface area contributed by atoms with E-state index in [9.17, 15) is 4.79 Å². The molecule has 0 unspecified atom stereocenters. The van der Waals surface area contributed by atoms with Crippen LogP contribution in [0.15, 0.2) is 65.3 Å². The van der Waals surface area contributed by atoms with Gasteiger partial charge in [0.2, 0.25) is 0 Å². The van der Waals surface area contributed by atoms with Gasteiger partial charge in [0.15, 0.2) is 5.76 Å². The number of halogens is 1. The number of aromatic nitrogens is 2. The van der Waals surface area contributed by atoms with Crippen molar-refractivity contribution in [2.75, 3.05) is 7.11 Å². The molecule has 0 saturated heterocycles. The third-order valence-electron chi connectivity index (χ3n) is 4.54. The largest absolute Gasteiger partial charge is 0.497 e. The summed E-state index contributed by atoms with van der Waals surface area (Å²) in [6.45, 7) is 0. The lowest BCUT2D eigenvalue weighted by molar-refractivity contribution is 0.0915. The van der Waals surface area contributed by atoms with Crippen molar-refractivity contribution >= 4 is 28.5 Å². The topological polar surface area (TPSA) is 69.3 Å². The molecule has 6 nitrogen and oxygen atoms in total. The van der Waals surface area contributed by atoms with E-state index >= 15 is 0 Å². The smallest absolute Gasteiger partial charge is 0.287 e. The van der Waals surface area contributed by atoms with Crippen LogP contribution in [-0.2, 0) is 7.05 Å². The standard InChI is InChI=1S/C21H18ClN3O3/c1-25-10-9-23-20(25)19(13-3-6-16(27-2)7-4-13)24-21(26)18-12-14-11-15(22)5-8-17(14)28-18/h3-12,19H,1-2H3,(H,24,26)/t19-/m1/s1. The van der Waals surface area contributed by atoms with Crippen LogP contribution < -0.4 is 10.1 Å². The second-order valence-corrected chi connectivity index (χ2v) is 6.81. The maximum absolute atomic E-state index is 12.9. The average Bonchev–Trinajstić information content (AvgIpc) is 3.32. The SMILES string of the molecule is COc1ccc([C@@H](NC(=O)c2cc3cc(Cl)ccc3o2)c2nccn2C)cc1. The summed E-state index contributed by atoms with van der Waals surface area (Å²) in [6.07, 6.45) is 3.53. The molecule has 2 aromatic carbocycles. The van der Waals surface area contributed by atoms with Crippen molar-refractivity contribution in [1.82, 2.24) is 14.9 Å². The van der Waals surface area contributed by atoms with Crippen molar-refractivity contribution in [3.05, 3.63) is 83.1 Å². The van der Waals surface area contributed by atoms with Crippen LogP contribution in [0.25, 0.3) is 11.0 Å². The predicted octanol–water partition coefficient (Wildman–Crippen LogP) is 4.35. The fraction of sp³-hybridized carbons (Fsp3) is 0.143. The normalized spacial score (nSPS) is 12.1. The minimum Gasteiger partial charge on any atom is -0.497 e. The van der Waals surface area contributed by atoms with Gasteiger partial charge in [-0.2, -0.15) is 0 Å². The first-order chi connectivity index (χ1) is 13.5. The van der Waals surface area contributed by atoms with E-state index in [1.807, 2.05) is 42.1 Å². The zero-order chi connectivity index (χ0) is 19.7. The number of nitrogens with zero attached hydrogens (tertiary/aromatic N) is 2. The van der Waals surface area contributed by atoms with Crippen LogP contribution >= 0.6 is 11.6 Å². The summed E-state index contributed by atoms with van der Waals surface area (Å²) in [6, 6.07) is 14.0. The summed E-state index contributed by atoms with van der Waals surface area (Å²) in [5.41, 5.74) is 1.48. The van der Waals surface area contributed by atoms with E-state index in [0.29, 0.717) is 16.4 Å². The van der Waals surface area contributed by atoms with Crippen LogP contribution in [0, 0.1) is 0 Å². The Morgan fingerprint density at radius 1 is 1.21 bits per heavy atom. The van der Waals surface area contributed by atoms with E-state index in [1.54, 1.807) is 37.6 Å². The first-order valence-corrected chi connectivity index (χ1v) is 9.04. The number of hydrogen-bond donors (Lipinski definition) is 1. The molecule has 0 fully saturated rings. The molecule has 4 aromatic rings. The lowest BCUT2D eigenvalue weighted by Gasteiger charge is -2.19. The molecule has 1 amide bonds. The summed E-state index contributed by atoms with van der Waals surface area (Å²) in [5.74, 6) is 1.32. The Kier molecular flexibility index (Phi) is 4.79. The second kappa shape index (κ2) is 7.40. The molecule has 0 saturated carbocycles. The number of ether oxygens (including phenoxy) is 1. The Hall–Kier alpha value is -3.25. The van der Waals surface area contributed by atoms with Crippen molar-refractivity contribution in [2.45, 2.75) is 6.04 Å². The molecule has 2 heterocycles. The number of carbonyl (C=O) groups is 1. The first-order valence-electron chi connectivity index (χ1n) is 8.66. The molecule has 0 aliphatic heterocycles. The van der Waals surface area contributed by atoms with Gasteiger partial charge in [0, 0.05) is 29.9 Å². The van der Waals surface area contributed by atoms with E-state index in [-0.39, 0.29) is 11.7 Å². The van der Waals surface area contributed by atoms with E-state index < -0.39 is 6.04 Å². The highest BCUT2D eigenvalue weighted by atomic mass is 35.5. The van der Waals surface area contributed by atoms with Crippen LogP contribution in [0.2, 0.25) is 5.02 Å². The molecule has 7 heteroatoms. The van der Waals surface area contributed by atoms with Crippen LogP contribution in [0.4, 0.5) is 0 Å². The number of carbonyl (C=O) groups excluding carboxylic acids is 1.